The molecule has 254 valence electrons. The van der Waals surface area contributed by atoms with E-state index < -0.39 is 0 Å². The lowest BCUT2D eigenvalue weighted by Crippen LogP contribution is -2.08. The first-order valence-corrected chi connectivity index (χ1v) is 18.6. The van der Waals surface area contributed by atoms with Crippen molar-refractivity contribution in [2.45, 2.75) is 181 Å². The summed E-state index contributed by atoms with van der Waals surface area (Å²) in [6.45, 7) is 5.32. The summed E-state index contributed by atoms with van der Waals surface area (Å²) in [7, 11) is 0. The average molecular weight is 615 g/mol. The zero-order valence-electron chi connectivity index (χ0n) is 29.1. The first-order valence-electron chi connectivity index (χ1n) is 18.6. The third-order valence-electron chi connectivity index (χ3n) is 7.73. The Hall–Kier alpha value is -2.10. The van der Waals surface area contributed by atoms with E-state index in [1.165, 1.54) is 89.9 Å². The summed E-state index contributed by atoms with van der Waals surface area (Å²) >= 11 is 0. The number of hydrogen-bond donors (Lipinski definition) is 0. The second-order valence-electron chi connectivity index (χ2n) is 12.1. The fourth-order valence-electron chi connectivity index (χ4n) is 4.88. The van der Waals surface area contributed by atoms with E-state index in [9.17, 15) is 9.59 Å². The van der Waals surface area contributed by atoms with Crippen molar-refractivity contribution in [1.29, 1.82) is 0 Å². The van der Waals surface area contributed by atoms with Gasteiger partial charge >= 0.3 is 11.9 Å². The van der Waals surface area contributed by atoms with Crippen LogP contribution in [0.3, 0.4) is 0 Å². The Labute approximate surface area is 273 Å². The van der Waals surface area contributed by atoms with Crippen molar-refractivity contribution in [2.24, 2.45) is 0 Å². The summed E-state index contributed by atoms with van der Waals surface area (Å²) in [5.74, 6) is -0.206. The molecular formula is C40H70O4. The number of carbonyl (C=O) groups is 2. The Morgan fingerprint density at radius 1 is 0.386 bits per heavy atom. The summed E-state index contributed by atoms with van der Waals surface area (Å²) in [4.78, 5) is 23.8. The number of hydrogen-bond acceptors (Lipinski definition) is 4. The molecule has 0 aromatic rings. The average Bonchev–Trinajstić information content (AvgIpc) is 3.02. The van der Waals surface area contributed by atoms with Crippen LogP contribution in [0.4, 0.5) is 0 Å². The van der Waals surface area contributed by atoms with Crippen LogP contribution < -0.4 is 0 Å². The first-order chi connectivity index (χ1) is 21.7. The summed E-state index contributed by atoms with van der Waals surface area (Å²) in [5, 5.41) is 0. The van der Waals surface area contributed by atoms with Gasteiger partial charge in [0, 0.05) is 12.8 Å². The van der Waals surface area contributed by atoms with Gasteiger partial charge in [-0.05, 0) is 89.9 Å². The van der Waals surface area contributed by atoms with Crippen LogP contribution in [0.1, 0.15) is 181 Å². The van der Waals surface area contributed by atoms with Gasteiger partial charge in [0.1, 0.15) is 0 Å². The number of unbranched alkanes of at least 4 members (excludes halogenated alkanes) is 17. The van der Waals surface area contributed by atoms with Crippen LogP contribution in [0.25, 0.3) is 0 Å². The molecule has 0 aromatic carbocycles. The Morgan fingerprint density at radius 3 is 1.07 bits per heavy atom. The number of allylic oxidation sites excluding steroid dienone is 8. The van der Waals surface area contributed by atoms with E-state index in [0.717, 1.165) is 64.2 Å². The molecule has 0 aromatic heterocycles. The third-order valence-corrected chi connectivity index (χ3v) is 7.73. The largest absolute Gasteiger partial charge is 0.466 e. The smallest absolute Gasteiger partial charge is 0.305 e. The summed E-state index contributed by atoms with van der Waals surface area (Å²) in [5.41, 5.74) is 0. The van der Waals surface area contributed by atoms with Crippen molar-refractivity contribution in [1.82, 2.24) is 0 Å². The molecule has 0 aliphatic carbocycles. The molecule has 0 bridgehead atoms. The van der Waals surface area contributed by atoms with Crippen LogP contribution in [0.2, 0.25) is 0 Å². The van der Waals surface area contributed by atoms with Gasteiger partial charge in [0.05, 0.1) is 13.2 Å². The Balaban J connectivity index is 3.37. The molecule has 4 heteroatoms. The molecule has 0 radical (unpaired) electrons. The highest BCUT2D eigenvalue weighted by Crippen LogP contribution is 2.10. The molecule has 0 N–H and O–H groups in total. The maximum Gasteiger partial charge on any atom is 0.305 e. The molecule has 0 aliphatic heterocycles. The highest BCUT2D eigenvalue weighted by Gasteiger charge is 2.04. The molecule has 44 heavy (non-hydrogen) atoms. The number of rotatable bonds is 33. The van der Waals surface area contributed by atoms with E-state index in [-0.39, 0.29) is 11.9 Å². The van der Waals surface area contributed by atoms with Gasteiger partial charge in [-0.15, -0.1) is 0 Å². The van der Waals surface area contributed by atoms with E-state index in [1.54, 1.807) is 0 Å². The molecular weight excluding hydrogens is 544 g/mol. The lowest BCUT2D eigenvalue weighted by molar-refractivity contribution is -0.146. The Bertz CT molecular complexity index is 672. The van der Waals surface area contributed by atoms with Crippen LogP contribution in [0.5, 0.6) is 0 Å². The molecule has 0 unspecified atom stereocenters. The van der Waals surface area contributed by atoms with Gasteiger partial charge in [-0.25, -0.2) is 0 Å². The quantitative estimate of drug-likeness (QED) is 0.0419. The van der Waals surface area contributed by atoms with Crippen LogP contribution in [0.15, 0.2) is 48.6 Å². The van der Waals surface area contributed by atoms with Crippen molar-refractivity contribution in [3.63, 3.8) is 0 Å². The highest BCUT2D eigenvalue weighted by atomic mass is 16.5. The van der Waals surface area contributed by atoms with Crippen molar-refractivity contribution < 1.29 is 19.1 Å². The Morgan fingerprint density at radius 2 is 0.705 bits per heavy atom. The van der Waals surface area contributed by atoms with E-state index in [0.29, 0.717) is 26.1 Å². The first kappa shape index (κ1) is 41.9. The van der Waals surface area contributed by atoms with E-state index in [4.69, 9.17) is 9.47 Å². The van der Waals surface area contributed by atoms with E-state index in [1.807, 2.05) is 0 Å². The summed E-state index contributed by atoms with van der Waals surface area (Å²) in [6, 6.07) is 0. The monoisotopic (exact) mass is 615 g/mol. The number of carbonyl (C=O) groups excluding carboxylic acids is 2. The molecule has 0 saturated heterocycles. The standard InChI is InChI=1S/C40H70O4/c1-3-5-7-9-11-13-15-17-19-21-23-25-27-29-31-35-39(41)43-37-33-34-38-44-40(42)36-32-30-28-26-24-22-20-18-16-14-12-10-8-6-4-2/h11-14,17-20H,3-10,15-16,21-38H2,1-2H3. The molecule has 4 nitrogen and oxygen atoms in total. The van der Waals surface area contributed by atoms with E-state index >= 15 is 0 Å². The van der Waals surface area contributed by atoms with Crippen molar-refractivity contribution >= 4 is 11.9 Å². The molecule has 0 spiro atoms. The molecule has 0 rings (SSSR count). The normalized spacial score (nSPS) is 12.0. The lowest BCUT2D eigenvalue weighted by Gasteiger charge is -2.06. The van der Waals surface area contributed by atoms with Crippen molar-refractivity contribution in [2.75, 3.05) is 13.2 Å². The molecule has 0 saturated carbocycles. The minimum atomic E-state index is -0.103. The predicted octanol–water partition coefficient (Wildman–Crippen LogP) is 12.5. The van der Waals surface area contributed by atoms with Gasteiger partial charge in [0.15, 0.2) is 0 Å². The summed E-state index contributed by atoms with van der Waals surface area (Å²) in [6.07, 6.45) is 46.7. The van der Waals surface area contributed by atoms with Crippen LogP contribution in [-0.2, 0) is 19.1 Å². The maximum absolute atomic E-state index is 11.9. The van der Waals surface area contributed by atoms with Gasteiger partial charge in [0.25, 0.3) is 0 Å². The molecule has 0 heterocycles. The van der Waals surface area contributed by atoms with Gasteiger partial charge < -0.3 is 9.47 Å². The van der Waals surface area contributed by atoms with Crippen LogP contribution in [0, 0.1) is 0 Å². The SMILES string of the molecule is CCCCCC=CCC=CCCCCCCCC(=O)OCCCCOC(=O)CCCCCCCC=CCC=CCCCCC. The topological polar surface area (TPSA) is 52.6 Å². The molecule has 0 atom stereocenters. The van der Waals surface area contributed by atoms with Crippen LogP contribution in [-0.4, -0.2) is 25.2 Å². The number of ether oxygens (including phenoxy) is 2. The molecule has 0 fully saturated rings. The lowest BCUT2D eigenvalue weighted by atomic mass is 10.1. The van der Waals surface area contributed by atoms with Gasteiger partial charge in [-0.1, -0.05) is 127 Å². The fourth-order valence-corrected chi connectivity index (χ4v) is 4.88. The third kappa shape index (κ3) is 36.1. The zero-order chi connectivity index (χ0) is 32.0. The van der Waals surface area contributed by atoms with Crippen molar-refractivity contribution in [3.05, 3.63) is 48.6 Å². The second kappa shape index (κ2) is 37.1. The fraction of sp³-hybridized carbons (Fsp3) is 0.750. The highest BCUT2D eigenvalue weighted by molar-refractivity contribution is 5.69. The minimum absolute atomic E-state index is 0.103. The van der Waals surface area contributed by atoms with Crippen LogP contribution >= 0.6 is 0 Å². The van der Waals surface area contributed by atoms with Gasteiger partial charge in [-0.3, -0.25) is 9.59 Å². The van der Waals surface area contributed by atoms with Gasteiger partial charge in [0.2, 0.25) is 0 Å². The Kier molecular flexibility index (Phi) is 35.3. The molecule has 0 aliphatic rings. The van der Waals surface area contributed by atoms with Crippen molar-refractivity contribution in [3.8, 4) is 0 Å². The molecule has 0 amide bonds. The second-order valence-corrected chi connectivity index (χ2v) is 12.1. The number of esters is 2. The summed E-state index contributed by atoms with van der Waals surface area (Å²) < 4.78 is 10.7. The minimum Gasteiger partial charge on any atom is -0.466 e. The predicted molar refractivity (Wildman–Crippen MR) is 190 cm³/mol. The van der Waals surface area contributed by atoms with Gasteiger partial charge in [-0.2, -0.15) is 0 Å². The zero-order valence-corrected chi connectivity index (χ0v) is 29.1. The van der Waals surface area contributed by atoms with E-state index in [2.05, 4.69) is 62.5 Å². The maximum atomic E-state index is 11.9.